The van der Waals surface area contributed by atoms with E-state index in [9.17, 15) is 19.5 Å². The summed E-state index contributed by atoms with van der Waals surface area (Å²) >= 11 is 0. The predicted octanol–water partition coefficient (Wildman–Crippen LogP) is 3.85. The lowest BCUT2D eigenvalue weighted by atomic mass is 9.86. The smallest absolute Gasteiger partial charge is 0.407 e. The number of rotatable bonds is 14. The summed E-state index contributed by atoms with van der Waals surface area (Å²) in [5.74, 6) is 0.720. The second kappa shape index (κ2) is 16.0. The van der Waals surface area contributed by atoms with E-state index in [2.05, 4.69) is 0 Å². The number of hydrogen-bond donors (Lipinski definition) is 1. The molecule has 1 aliphatic heterocycles. The molecule has 3 rings (SSSR count). The van der Waals surface area contributed by atoms with Crippen LogP contribution in [0.3, 0.4) is 0 Å². The summed E-state index contributed by atoms with van der Waals surface area (Å²) in [5, 5.41) is 9.78. The van der Waals surface area contributed by atoms with Crippen LogP contribution in [0.4, 0.5) is 4.79 Å². The van der Waals surface area contributed by atoms with Crippen molar-refractivity contribution < 1.29 is 38.4 Å². The molecule has 1 saturated heterocycles. The van der Waals surface area contributed by atoms with Gasteiger partial charge in [0.2, 0.25) is 5.91 Å². The van der Waals surface area contributed by atoms with Crippen LogP contribution in [-0.2, 0) is 14.3 Å². The average Bonchev–Trinajstić information content (AvgIpc) is 3.39. The third kappa shape index (κ3) is 8.73. The number of hydrogen-bond acceptors (Lipinski definition) is 7. The summed E-state index contributed by atoms with van der Waals surface area (Å²) in [6.07, 6.45) is 3.27. The van der Waals surface area contributed by atoms with Gasteiger partial charge in [-0.15, -0.1) is 0 Å². The Morgan fingerprint density at radius 3 is 2.21 bits per heavy atom. The molecular formula is C31H49N3O8. The van der Waals surface area contributed by atoms with Crippen molar-refractivity contribution in [1.82, 2.24) is 14.7 Å². The minimum Gasteiger partial charge on any atom is -0.493 e. The van der Waals surface area contributed by atoms with E-state index in [0.29, 0.717) is 62.9 Å². The number of likely N-dealkylation sites (tertiary alicyclic amines) is 1. The molecular weight excluding hydrogens is 542 g/mol. The summed E-state index contributed by atoms with van der Waals surface area (Å²) in [6, 6.07) is 5.02. The van der Waals surface area contributed by atoms with Gasteiger partial charge in [0, 0.05) is 89.8 Å². The van der Waals surface area contributed by atoms with Gasteiger partial charge in [0.05, 0.1) is 19.8 Å². The Morgan fingerprint density at radius 1 is 0.976 bits per heavy atom. The number of amides is 3. The number of benzene rings is 1. The number of methoxy groups -OCH3 is 3. The molecule has 0 spiro atoms. The Bertz CT molecular complexity index is 1040. The summed E-state index contributed by atoms with van der Waals surface area (Å²) < 4.78 is 21.9. The van der Waals surface area contributed by atoms with Crippen LogP contribution in [0.25, 0.3) is 0 Å². The van der Waals surface area contributed by atoms with Crippen molar-refractivity contribution in [2.45, 2.75) is 58.1 Å². The van der Waals surface area contributed by atoms with Crippen molar-refractivity contribution in [3.05, 3.63) is 23.8 Å². The molecule has 2 atom stereocenters. The van der Waals surface area contributed by atoms with Crippen molar-refractivity contribution >= 4 is 17.9 Å². The molecule has 236 valence electrons. The molecule has 1 aromatic carbocycles. The van der Waals surface area contributed by atoms with Gasteiger partial charge in [0.25, 0.3) is 5.91 Å². The Hall–Kier alpha value is -3.05. The summed E-state index contributed by atoms with van der Waals surface area (Å²) in [5.41, 5.74) is 0.467. The molecule has 1 aliphatic carbocycles. The normalized spacial score (nSPS) is 22.2. The number of nitrogens with zero attached hydrogens (tertiary/aromatic N) is 3. The largest absolute Gasteiger partial charge is 0.493 e. The van der Waals surface area contributed by atoms with Gasteiger partial charge in [-0.3, -0.25) is 9.59 Å². The molecule has 0 aromatic heterocycles. The SMILES string of the molecule is COCCCOc1cc(C(=O)N(C[C@@H]2CN(C(=O)O)C[C@H]2CN(C)C(=O)C2CCC(OC)CC2)C(C)C)ccc1OC. The van der Waals surface area contributed by atoms with Crippen molar-refractivity contribution in [1.29, 1.82) is 0 Å². The van der Waals surface area contributed by atoms with Crippen molar-refractivity contribution in [2.24, 2.45) is 17.8 Å². The highest BCUT2D eigenvalue weighted by Crippen LogP contribution is 2.32. The first-order valence-electron chi connectivity index (χ1n) is 15.0. The van der Waals surface area contributed by atoms with Crippen LogP contribution in [0.5, 0.6) is 11.5 Å². The van der Waals surface area contributed by atoms with E-state index in [1.54, 1.807) is 49.3 Å². The summed E-state index contributed by atoms with van der Waals surface area (Å²) in [6.45, 7) is 6.35. The molecule has 1 N–H and O–H groups in total. The van der Waals surface area contributed by atoms with Crippen LogP contribution < -0.4 is 9.47 Å². The van der Waals surface area contributed by atoms with Crippen molar-refractivity contribution in [2.75, 3.05) is 67.8 Å². The Labute approximate surface area is 250 Å². The van der Waals surface area contributed by atoms with Gasteiger partial charge in [-0.2, -0.15) is 0 Å². The van der Waals surface area contributed by atoms with Crippen LogP contribution in [0.2, 0.25) is 0 Å². The van der Waals surface area contributed by atoms with E-state index in [1.807, 2.05) is 20.9 Å². The van der Waals surface area contributed by atoms with Crippen LogP contribution in [0, 0.1) is 17.8 Å². The Kier molecular flexibility index (Phi) is 12.7. The topological polar surface area (TPSA) is 118 Å². The molecule has 0 radical (unpaired) electrons. The summed E-state index contributed by atoms with van der Waals surface area (Å²) in [4.78, 5) is 44.0. The van der Waals surface area contributed by atoms with Crippen LogP contribution >= 0.6 is 0 Å². The van der Waals surface area contributed by atoms with Gasteiger partial charge in [0.15, 0.2) is 11.5 Å². The van der Waals surface area contributed by atoms with E-state index in [0.717, 1.165) is 25.7 Å². The number of ether oxygens (including phenoxy) is 4. The Balaban J connectivity index is 1.73. The zero-order valence-electron chi connectivity index (χ0n) is 26.0. The molecule has 42 heavy (non-hydrogen) atoms. The third-order valence-corrected chi connectivity index (χ3v) is 8.56. The zero-order valence-corrected chi connectivity index (χ0v) is 26.0. The third-order valence-electron chi connectivity index (χ3n) is 8.56. The maximum Gasteiger partial charge on any atom is 0.407 e. The first kappa shape index (κ1) is 33.5. The van der Waals surface area contributed by atoms with Gasteiger partial charge in [-0.25, -0.2) is 4.79 Å². The minimum atomic E-state index is -0.984. The first-order chi connectivity index (χ1) is 20.1. The van der Waals surface area contributed by atoms with Gasteiger partial charge in [-0.05, 0) is 57.7 Å². The molecule has 11 heteroatoms. The van der Waals surface area contributed by atoms with E-state index in [4.69, 9.17) is 18.9 Å². The molecule has 1 heterocycles. The quantitative estimate of drug-likeness (QED) is 0.324. The molecule has 0 unspecified atom stereocenters. The number of carbonyl (C=O) groups excluding carboxylic acids is 2. The van der Waals surface area contributed by atoms with E-state index < -0.39 is 6.09 Å². The molecule has 3 amide bonds. The standard InChI is InChI=1S/C31H49N3O8/c1-21(2)34(30(36)23-10-13-27(41-6)28(16-23)42-15-7-14-39-4)20-25-19-33(31(37)38)18-24(25)17-32(3)29(35)22-8-11-26(40-5)12-9-22/h10,13,16,21-22,24-26H,7-9,11-12,14-15,17-20H2,1-6H3,(H,37,38)/t22?,24-,25+,26?/m1/s1. The maximum atomic E-state index is 13.8. The lowest BCUT2D eigenvalue weighted by Crippen LogP contribution is -2.44. The monoisotopic (exact) mass is 591 g/mol. The molecule has 11 nitrogen and oxygen atoms in total. The minimum absolute atomic E-state index is 0.0356. The molecule has 0 bridgehead atoms. The van der Waals surface area contributed by atoms with Crippen molar-refractivity contribution in [3.63, 3.8) is 0 Å². The predicted molar refractivity (Wildman–Crippen MR) is 158 cm³/mol. The maximum absolute atomic E-state index is 13.8. The molecule has 2 aliphatic rings. The second-order valence-electron chi connectivity index (χ2n) is 11.7. The van der Waals surface area contributed by atoms with Gasteiger partial charge in [-0.1, -0.05) is 0 Å². The second-order valence-corrected chi connectivity index (χ2v) is 11.7. The highest BCUT2D eigenvalue weighted by atomic mass is 16.5. The lowest BCUT2D eigenvalue weighted by Gasteiger charge is -2.34. The molecule has 1 saturated carbocycles. The summed E-state index contributed by atoms with van der Waals surface area (Å²) in [7, 11) is 6.71. The average molecular weight is 592 g/mol. The van der Waals surface area contributed by atoms with Crippen LogP contribution in [-0.4, -0.2) is 118 Å². The fraction of sp³-hybridized carbons (Fsp3) is 0.710. The van der Waals surface area contributed by atoms with Gasteiger partial charge in [0.1, 0.15) is 0 Å². The van der Waals surface area contributed by atoms with Crippen LogP contribution in [0.1, 0.15) is 56.3 Å². The van der Waals surface area contributed by atoms with Crippen LogP contribution in [0.15, 0.2) is 18.2 Å². The highest BCUT2D eigenvalue weighted by Gasteiger charge is 2.39. The lowest BCUT2D eigenvalue weighted by molar-refractivity contribution is -0.136. The fourth-order valence-electron chi connectivity index (χ4n) is 6.06. The molecule has 2 fully saturated rings. The first-order valence-corrected chi connectivity index (χ1v) is 15.0. The van der Waals surface area contributed by atoms with Gasteiger partial charge >= 0.3 is 6.09 Å². The van der Waals surface area contributed by atoms with E-state index in [1.165, 1.54) is 4.90 Å². The fourth-order valence-corrected chi connectivity index (χ4v) is 6.06. The van der Waals surface area contributed by atoms with Crippen molar-refractivity contribution in [3.8, 4) is 11.5 Å². The molecule has 1 aromatic rings. The zero-order chi connectivity index (χ0) is 30.8. The highest BCUT2D eigenvalue weighted by molar-refractivity contribution is 5.95. The number of carbonyl (C=O) groups is 3. The number of carboxylic acid groups (broad SMARTS) is 1. The van der Waals surface area contributed by atoms with E-state index >= 15 is 0 Å². The Morgan fingerprint density at radius 2 is 1.64 bits per heavy atom. The van der Waals surface area contributed by atoms with Gasteiger partial charge < -0.3 is 38.8 Å². The van der Waals surface area contributed by atoms with E-state index in [-0.39, 0.29) is 41.7 Å².